The van der Waals surface area contributed by atoms with Crippen LogP contribution in [0.5, 0.6) is 17.2 Å². The summed E-state index contributed by atoms with van der Waals surface area (Å²) in [6.45, 7) is 2.90. The highest BCUT2D eigenvalue weighted by Crippen LogP contribution is 2.38. The number of ether oxygens (including phenoxy) is 3. The van der Waals surface area contributed by atoms with E-state index < -0.39 is 0 Å². The molecular formula is C19H27N3O5. The molecule has 1 heterocycles. The maximum Gasteiger partial charge on any atom is 0.246 e. The maximum absolute atomic E-state index is 12.4. The summed E-state index contributed by atoms with van der Waals surface area (Å²) in [5, 5.41) is 2.61. The Kier molecular flexibility index (Phi) is 7.48. The van der Waals surface area contributed by atoms with E-state index in [4.69, 9.17) is 14.2 Å². The molecule has 2 rings (SSSR count). The molecule has 1 aromatic carbocycles. The third-order valence-corrected chi connectivity index (χ3v) is 4.44. The number of rotatable bonds is 7. The second-order valence-corrected chi connectivity index (χ2v) is 6.07. The second-order valence-electron chi connectivity index (χ2n) is 6.07. The van der Waals surface area contributed by atoms with Gasteiger partial charge < -0.3 is 24.4 Å². The first-order chi connectivity index (χ1) is 13.0. The average Bonchev–Trinajstić information content (AvgIpc) is 2.71. The van der Waals surface area contributed by atoms with E-state index in [-0.39, 0.29) is 11.8 Å². The van der Waals surface area contributed by atoms with E-state index in [0.717, 1.165) is 5.56 Å². The van der Waals surface area contributed by atoms with Crippen molar-refractivity contribution in [2.24, 2.45) is 0 Å². The van der Waals surface area contributed by atoms with Crippen LogP contribution in [0, 0.1) is 0 Å². The van der Waals surface area contributed by atoms with Crippen LogP contribution >= 0.6 is 0 Å². The highest BCUT2D eigenvalue weighted by atomic mass is 16.5. The van der Waals surface area contributed by atoms with Crippen molar-refractivity contribution in [2.45, 2.75) is 0 Å². The number of likely N-dealkylation sites (N-methyl/N-ethyl adjacent to an activating group) is 1. The van der Waals surface area contributed by atoms with Gasteiger partial charge in [0.15, 0.2) is 11.5 Å². The molecule has 0 aromatic heterocycles. The van der Waals surface area contributed by atoms with Gasteiger partial charge in [0.2, 0.25) is 17.6 Å². The minimum Gasteiger partial charge on any atom is -0.493 e. The highest BCUT2D eigenvalue weighted by Gasteiger charge is 2.21. The SMILES string of the molecule is CNC(=O)CN1CCN(C(=O)/C=C/c2cc(OC)c(OC)c(OC)c2)CC1. The van der Waals surface area contributed by atoms with Gasteiger partial charge in [0.25, 0.3) is 0 Å². The molecule has 8 nitrogen and oxygen atoms in total. The Morgan fingerprint density at radius 3 is 2.11 bits per heavy atom. The zero-order chi connectivity index (χ0) is 19.8. The first-order valence-electron chi connectivity index (χ1n) is 8.72. The van der Waals surface area contributed by atoms with E-state index in [1.807, 2.05) is 4.90 Å². The van der Waals surface area contributed by atoms with Crippen molar-refractivity contribution < 1.29 is 23.8 Å². The van der Waals surface area contributed by atoms with Crippen molar-refractivity contribution in [1.82, 2.24) is 15.1 Å². The van der Waals surface area contributed by atoms with Gasteiger partial charge in [0.1, 0.15) is 0 Å². The van der Waals surface area contributed by atoms with E-state index in [1.54, 1.807) is 51.5 Å². The molecule has 1 aliphatic rings. The van der Waals surface area contributed by atoms with Gasteiger partial charge in [-0.05, 0) is 23.8 Å². The standard InChI is InChI=1S/C19H27N3O5/c1-20-17(23)13-21-7-9-22(10-8-21)18(24)6-5-14-11-15(25-2)19(27-4)16(12-14)26-3/h5-6,11-12H,7-10,13H2,1-4H3,(H,20,23)/b6-5+. The molecule has 0 aliphatic carbocycles. The van der Waals surface area contributed by atoms with Gasteiger partial charge in [-0.1, -0.05) is 0 Å². The van der Waals surface area contributed by atoms with Crippen molar-refractivity contribution in [3.8, 4) is 17.2 Å². The highest BCUT2D eigenvalue weighted by molar-refractivity contribution is 5.92. The molecule has 0 saturated carbocycles. The van der Waals surface area contributed by atoms with Crippen molar-refractivity contribution >= 4 is 17.9 Å². The summed E-state index contributed by atoms with van der Waals surface area (Å²) in [6.07, 6.45) is 3.26. The molecule has 0 bridgehead atoms. The Hall–Kier alpha value is -2.74. The molecule has 1 aliphatic heterocycles. The Morgan fingerprint density at radius 1 is 1.04 bits per heavy atom. The minimum atomic E-state index is -0.0663. The number of nitrogens with one attached hydrogen (secondary N) is 1. The lowest BCUT2D eigenvalue weighted by Gasteiger charge is -2.33. The quantitative estimate of drug-likeness (QED) is 0.702. The van der Waals surface area contributed by atoms with Crippen molar-refractivity contribution in [1.29, 1.82) is 0 Å². The van der Waals surface area contributed by atoms with E-state index in [0.29, 0.717) is 50.0 Å². The number of amides is 2. The fraction of sp³-hybridized carbons (Fsp3) is 0.474. The number of methoxy groups -OCH3 is 3. The number of hydrogen-bond donors (Lipinski definition) is 1. The van der Waals surface area contributed by atoms with Crippen LogP contribution in [0.15, 0.2) is 18.2 Å². The van der Waals surface area contributed by atoms with E-state index in [2.05, 4.69) is 5.32 Å². The Morgan fingerprint density at radius 2 is 1.63 bits per heavy atom. The molecule has 1 fully saturated rings. The van der Waals surface area contributed by atoms with Gasteiger partial charge in [-0.2, -0.15) is 0 Å². The van der Waals surface area contributed by atoms with Crippen LogP contribution in [0.2, 0.25) is 0 Å². The van der Waals surface area contributed by atoms with Gasteiger partial charge in [-0.3, -0.25) is 14.5 Å². The van der Waals surface area contributed by atoms with Crippen molar-refractivity contribution in [3.63, 3.8) is 0 Å². The molecule has 2 amide bonds. The lowest BCUT2D eigenvalue weighted by Crippen LogP contribution is -2.50. The molecule has 27 heavy (non-hydrogen) atoms. The van der Waals surface area contributed by atoms with Crippen LogP contribution < -0.4 is 19.5 Å². The monoisotopic (exact) mass is 377 g/mol. The van der Waals surface area contributed by atoms with E-state index >= 15 is 0 Å². The zero-order valence-corrected chi connectivity index (χ0v) is 16.3. The van der Waals surface area contributed by atoms with Crippen LogP contribution in [-0.4, -0.2) is 82.7 Å². The van der Waals surface area contributed by atoms with Crippen molar-refractivity contribution in [2.75, 3.05) is 61.1 Å². The molecule has 0 atom stereocenters. The van der Waals surface area contributed by atoms with Gasteiger partial charge >= 0.3 is 0 Å². The number of carbonyl (C=O) groups excluding carboxylic acids is 2. The van der Waals surface area contributed by atoms with Crippen LogP contribution in [0.4, 0.5) is 0 Å². The second kappa shape index (κ2) is 9.82. The van der Waals surface area contributed by atoms with E-state index in [9.17, 15) is 9.59 Å². The molecular weight excluding hydrogens is 350 g/mol. The molecule has 0 radical (unpaired) electrons. The molecule has 148 valence electrons. The predicted octanol–water partition coefficient (Wildman–Crippen LogP) is 0.616. The molecule has 0 unspecified atom stereocenters. The summed E-state index contributed by atoms with van der Waals surface area (Å²) in [4.78, 5) is 27.7. The van der Waals surface area contributed by atoms with Crippen LogP contribution in [0.3, 0.4) is 0 Å². The third kappa shape index (κ3) is 5.37. The number of nitrogens with zero attached hydrogens (tertiary/aromatic N) is 2. The van der Waals surface area contributed by atoms with Gasteiger partial charge in [0.05, 0.1) is 27.9 Å². The summed E-state index contributed by atoms with van der Waals surface area (Å²) in [5.74, 6) is 1.50. The Labute approximate surface area is 159 Å². The fourth-order valence-electron chi connectivity index (χ4n) is 2.88. The van der Waals surface area contributed by atoms with E-state index in [1.165, 1.54) is 6.08 Å². The molecule has 1 aromatic rings. The minimum absolute atomic E-state index is 0.0166. The summed E-state index contributed by atoms with van der Waals surface area (Å²) < 4.78 is 15.9. The Bertz CT molecular complexity index is 672. The summed E-state index contributed by atoms with van der Waals surface area (Å²) in [5.41, 5.74) is 0.774. The van der Waals surface area contributed by atoms with Crippen LogP contribution in [0.25, 0.3) is 6.08 Å². The Balaban J connectivity index is 2.00. The molecule has 8 heteroatoms. The maximum atomic E-state index is 12.4. The summed E-state index contributed by atoms with van der Waals surface area (Å²) >= 11 is 0. The predicted molar refractivity (Wildman–Crippen MR) is 102 cm³/mol. The molecule has 1 N–H and O–H groups in total. The first-order valence-corrected chi connectivity index (χ1v) is 8.72. The lowest BCUT2D eigenvalue weighted by molar-refractivity contribution is -0.128. The smallest absolute Gasteiger partial charge is 0.246 e. The number of piperazine rings is 1. The largest absolute Gasteiger partial charge is 0.493 e. The van der Waals surface area contributed by atoms with Gasteiger partial charge in [-0.15, -0.1) is 0 Å². The molecule has 1 saturated heterocycles. The normalized spacial score (nSPS) is 14.9. The number of hydrogen-bond acceptors (Lipinski definition) is 6. The van der Waals surface area contributed by atoms with Gasteiger partial charge in [0, 0.05) is 39.3 Å². The zero-order valence-electron chi connectivity index (χ0n) is 16.3. The number of carbonyl (C=O) groups is 2. The summed E-state index contributed by atoms with van der Waals surface area (Å²) in [6, 6.07) is 3.57. The van der Waals surface area contributed by atoms with Crippen LogP contribution in [-0.2, 0) is 9.59 Å². The fourth-order valence-corrected chi connectivity index (χ4v) is 2.88. The van der Waals surface area contributed by atoms with Gasteiger partial charge in [-0.25, -0.2) is 0 Å². The third-order valence-electron chi connectivity index (χ3n) is 4.44. The van der Waals surface area contributed by atoms with Crippen molar-refractivity contribution in [3.05, 3.63) is 23.8 Å². The lowest BCUT2D eigenvalue weighted by atomic mass is 10.1. The average molecular weight is 377 g/mol. The topological polar surface area (TPSA) is 80.3 Å². The van der Waals surface area contributed by atoms with Crippen LogP contribution in [0.1, 0.15) is 5.56 Å². The summed E-state index contributed by atoms with van der Waals surface area (Å²) in [7, 11) is 6.27. The molecule has 0 spiro atoms. The number of benzene rings is 1. The first kappa shape index (κ1) is 20.6.